The van der Waals surface area contributed by atoms with E-state index in [1.807, 2.05) is 48.5 Å². The molecule has 0 radical (unpaired) electrons. The van der Waals surface area contributed by atoms with E-state index in [1.54, 1.807) is 30.3 Å². The Labute approximate surface area is 307 Å². The molecular weight excluding hydrogens is 689 g/mol. The van der Waals surface area contributed by atoms with Gasteiger partial charge in [-0.3, -0.25) is 14.5 Å². The number of nitrogens with zero attached hydrogens (tertiary/aromatic N) is 1. The lowest BCUT2D eigenvalue weighted by Gasteiger charge is -2.48. The molecule has 0 spiro atoms. The number of ether oxygens (including phenoxy) is 3. The Morgan fingerprint density at radius 2 is 1.67 bits per heavy atom. The summed E-state index contributed by atoms with van der Waals surface area (Å²) in [6.45, 7) is 4.65. The summed E-state index contributed by atoms with van der Waals surface area (Å²) in [7, 11) is 0. The molecule has 10 nitrogen and oxygen atoms in total. The summed E-state index contributed by atoms with van der Waals surface area (Å²) in [6.07, 6.45) is 8.32. The summed E-state index contributed by atoms with van der Waals surface area (Å²) >= 11 is 0.538. The van der Waals surface area contributed by atoms with Crippen molar-refractivity contribution in [3.05, 3.63) is 107 Å². The third-order valence-electron chi connectivity index (χ3n) is 8.78. The molecule has 3 heterocycles. The molecule has 3 aliphatic heterocycles. The number of amides is 2. The molecule has 51 heavy (non-hydrogen) atoms. The van der Waals surface area contributed by atoms with Gasteiger partial charge in [0, 0.05) is 12.0 Å². The quantitative estimate of drug-likeness (QED) is 0.0760. The lowest BCUT2D eigenvalue weighted by Crippen LogP contribution is -2.70. The van der Waals surface area contributed by atoms with E-state index in [4.69, 9.17) is 14.2 Å². The Balaban J connectivity index is 0.000000206. The number of benzene rings is 3. The van der Waals surface area contributed by atoms with Crippen molar-refractivity contribution < 1.29 is 38.3 Å². The van der Waals surface area contributed by atoms with Gasteiger partial charge < -0.3 is 29.2 Å². The fourth-order valence-electron chi connectivity index (χ4n) is 5.92. The zero-order valence-corrected chi connectivity index (χ0v) is 30.7. The molecule has 0 bridgehead atoms. The number of hydrogen-bond acceptors (Lipinski definition) is 9. The van der Waals surface area contributed by atoms with Crippen LogP contribution in [0.4, 0.5) is 0 Å². The number of esters is 1. The standard InChI is InChI=1S/C21H18N2O5S.C18H28O3S/c24-15-12-29-20-16(22-18(25)14-9-5-2-6-10-14)19(26)23(20)17(15)21(27)28-11-13-7-3-1-4-8-13;1-3-4-5-6-7-8-11-22(19)15(2)12-16-9-10-17-18(13-16)21-14-20-17/h1-10,16,20,24H,11-12H2,(H,22,25);9-10,13,15H,3-8,11-12,14H2,1-2H3/t16?,20-;/m1./s1. The number of β-lactam (4-membered cyclic amide) rings is 1. The molecule has 1 saturated heterocycles. The van der Waals surface area contributed by atoms with Crippen molar-refractivity contribution in [2.75, 3.05) is 18.3 Å². The second kappa shape index (κ2) is 18.9. The topological polar surface area (TPSA) is 137 Å². The first kappa shape index (κ1) is 38.1. The van der Waals surface area contributed by atoms with E-state index in [2.05, 4.69) is 19.2 Å². The summed E-state index contributed by atoms with van der Waals surface area (Å²) in [4.78, 5) is 38.7. The van der Waals surface area contributed by atoms with Crippen LogP contribution in [0.2, 0.25) is 0 Å². The number of hydrogen-bond donors (Lipinski definition) is 2. The van der Waals surface area contributed by atoms with Crippen molar-refractivity contribution in [1.29, 1.82) is 0 Å². The van der Waals surface area contributed by atoms with Gasteiger partial charge in [0.25, 0.3) is 11.8 Å². The predicted octanol–water partition coefficient (Wildman–Crippen LogP) is 6.67. The van der Waals surface area contributed by atoms with Crippen LogP contribution in [-0.2, 0) is 38.5 Å². The second-order valence-electron chi connectivity index (χ2n) is 12.6. The third kappa shape index (κ3) is 10.2. The third-order valence-corrected chi connectivity index (χ3v) is 11.8. The van der Waals surface area contributed by atoms with Gasteiger partial charge >= 0.3 is 5.97 Å². The first-order valence-electron chi connectivity index (χ1n) is 17.5. The van der Waals surface area contributed by atoms with E-state index in [1.165, 1.54) is 54.3 Å². The van der Waals surface area contributed by atoms with Crippen molar-refractivity contribution in [2.45, 2.75) is 82.1 Å². The van der Waals surface area contributed by atoms with Crippen LogP contribution in [0.5, 0.6) is 11.5 Å². The number of aliphatic hydroxyl groups excluding tert-OH is 1. The smallest absolute Gasteiger partial charge is 0.358 e. The number of aliphatic hydroxyl groups is 1. The van der Waals surface area contributed by atoms with Crippen LogP contribution in [0.25, 0.3) is 0 Å². The molecule has 272 valence electrons. The minimum Gasteiger partial charge on any atom is -0.616 e. The van der Waals surface area contributed by atoms with Gasteiger partial charge in [0.1, 0.15) is 34.8 Å². The zero-order chi connectivity index (χ0) is 36.2. The molecule has 0 saturated carbocycles. The number of nitrogens with one attached hydrogen (secondary N) is 1. The molecule has 2 N–H and O–H groups in total. The summed E-state index contributed by atoms with van der Waals surface area (Å²) in [5.41, 5.74) is 2.26. The number of rotatable bonds is 15. The SMILES string of the molecule is CCCCCCCC[S+]([O-])C(C)Cc1ccc2c(c1)OCO2.O=C(OCc1ccccc1)C1=C(O)CS[C@@H]2C(NC(=O)c3ccccc3)C(=O)N12. The van der Waals surface area contributed by atoms with Crippen molar-refractivity contribution in [3.63, 3.8) is 0 Å². The van der Waals surface area contributed by atoms with E-state index in [9.17, 15) is 24.0 Å². The number of carbonyl (C=O) groups is 3. The van der Waals surface area contributed by atoms with Crippen molar-refractivity contribution in [3.8, 4) is 11.5 Å². The Morgan fingerprint density at radius 3 is 2.41 bits per heavy atom. The Hall–Kier alpha value is -4.13. The van der Waals surface area contributed by atoms with E-state index in [-0.39, 0.29) is 35.0 Å². The normalized spacial score (nSPS) is 18.5. The van der Waals surface area contributed by atoms with Gasteiger partial charge in [0.15, 0.2) is 17.2 Å². The highest BCUT2D eigenvalue weighted by atomic mass is 32.2. The predicted molar refractivity (Wildman–Crippen MR) is 199 cm³/mol. The van der Waals surface area contributed by atoms with Crippen LogP contribution in [0, 0.1) is 0 Å². The van der Waals surface area contributed by atoms with Gasteiger partial charge in [-0.2, -0.15) is 0 Å². The van der Waals surface area contributed by atoms with E-state index >= 15 is 0 Å². The van der Waals surface area contributed by atoms with Gasteiger partial charge in [0.2, 0.25) is 6.79 Å². The summed E-state index contributed by atoms with van der Waals surface area (Å²) < 4.78 is 28.3. The van der Waals surface area contributed by atoms with Crippen LogP contribution in [0.3, 0.4) is 0 Å². The van der Waals surface area contributed by atoms with Gasteiger partial charge in [0.05, 0.1) is 5.75 Å². The maximum atomic E-state index is 12.6. The molecule has 0 aromatic heterocycles. The first-order chi connectivity index (χ1) is 24.8. The first-order valence-corrected chi connectivity index (χ1v) is 19.9. The Morgan fingerprint density at radius 1 is 0.980 bits per heavy atom. The molecule has 2 amide bonds. The maximum absolute atomic E-state index is 12.6. The van der Waals surface area contributed by atoms with E-state index in [0.717, 1.165) is 35.7 Å². The number of unbranched alkanes of at least 4 members (excludes halogenated alkanes) is 5. The van der Waals surface area contributed by atoms with Crippen LogP contribution >= 0.6 is 11.8 Å². The summed E-state index contributed by atoms with van der Waals surface area (Å²) in [6, 6.07) is 22.9. The van der Waals surface area contributed by atoms with Crippen LogP contribution < -0.4 is 14.8 Å². The van der Waals surface area contributed by atoms with Gasteiger partial charge in [-0.1, -0.05) is 98.4 Å². The highest BCUT2D eigenvalue weighted by Gasteiger charge is 2.54. The van der Waals surface area contributed by atoms with Crippen molar-refractivity contribution >= 4 is 40.7 Å². The lowest BCUT2D eigenvalue weighted by molar-refractivity contribution is -0.152. The molecule has 3 aromatic carbocycles. The summed E-state index contributed by atoms with van der Waals surface area (Å²) in [5.74, 6) is 0.819. The number of carbonyl (C=O) groups excluding carboxylic acids is 3. The number of fused-ring (bicyclic) bond motifs is 2. The lowest BCUT2D eigenvalue weighted by atomic mass is 10.0. The molecule has 3 unspecified atom stereocenters. The van der Waals surface area contributed by atoms with Gasteiger partial charge in [-0.25, -0.2) is 4.79 Å². The van der Waals surface area contributed by atoms with Gasteiger partial charge in [-0.05, 0) is 55.2 Å². The minimum atomic E-state index is -0.766. The molecule has 0 aliphatic carbocycles. The average molecular weight is 735 g/mol. The second-order valence-corrected chi connectivity index (χ2v) is 15.7. The van der Waals surface area contributed by atoms with Crippen LogP contribution in [0.1, 0.15) is 73.9 Å². The molecular formula is C39H46N2O8S2. The Bertz CT molecular complexity index is 1660. The van der Waals surface area contributed by atoms with Crippen LogP contribution in [-0.4, -0.2) is 67.3 Å². The zero-order valence-electron chi connectivity index (χ0n) is 29.1. The van der Waals surface area contributed by atoms with Crippen molar-refractivity contribution in [2.24, 2.45) is 0 Å². The fraction of sp³-hybridized carbons (Fsp3) is 0.410. The summed E-state index contributed by atoms with van der Waals surface area (Å²) in [5, 5.41) is 12.6. The Kier molecular flexibility index (Phi) is 14.1. The molecule has 3 aromatic rings. The maximum Gasteiger partial charge on any atom is 0.358 e. The fourth-order valence-corrected chi connectivity index (χ4v) is 8.39. The molecule has 1 fully saturated rings. The minimum absolute atomic E-state index is 0.0322. The highest BCUT2D eigenvalue weighted by molar-refractivity contribution is 8.00. The highest BCUT2D eigenvalue weighted by Crippen LogP contribution is 2.40. The van der Waals surface area contributed by atoms with E-state index in [0.29, 0.717) is 12.4 Å². The molecule has 6 rings (SSSR count). The monoisotopic (exact) mass is 734 g/mol. The van der Waals surface area contributed by atoms with E-state index < -0.39 is 34.5 Å². The average Bonchev–Trinajstić information content (AvgIpc) is 3.63. The number of thioether (sulfide) groups is 1. The molecule has 12 heteroatoms. The largest absolute Gasteiger partial charge is 0.616 e. The molecule has 4 atom stereocenters. The van der Waals surface area contributed by atoms with Crippen LogP contribution in [0.15, 0.2) is 90.3 Å². The van der Waals surface area contributed by atoms with Gasteiger partial charge in [-0.15, -0.1) is 11.8 Å². The van der Waals surface area contributed by atoms with Crippen molar-refractivity contribution in [1.82, 2.24) is 10.2 Å². The molecule has 3 aliphatic rings.